The second kappa shape index (κ2) is 5.81. The van der Waals surface area contributed by atoms with Crippen LogP contribution in [-0.2, 0) is 5.75 Å². The summed E-state index contributed by atoms with van der Waals surface area (Å²) in [6.07, 6.45) is 1.84. The van der Waals surface area contributed by atoms with Gasteiger partial charge in [0.1, 0.15) is 5.82 Å². The lowest BCUT2D eigenvalue weighted by Crippen LogP contribution is -2.04. The predicted molar refractivity (Wildman–Crippen MR) is 91.6 cm³/mol. The lowest BCUT2D eigenvalue weighted by molar-refractivity contribution is 1.17. The van der Waals surface area contributed by atoms with E-state index in [4.69, 9.17) is 11.5 Å². The summed E-state index contributed by atoms with van der Waals surface area (Å²) in [6, 6.07) is 8.44. The zero-order valence-corrected chi connectivity index (χ0v) is 13.3. The van der Waals surface area contributed by atoms with Gasteiger partial charge in [-0.3, -0.25) is 0 Å². The quantitative estimate of drug-likeness (QED) is 0.722. The number of rotatable bonds is 3. The lowest BCUT2D eigenvalue weighted by atomic mass is 10.1. The maximum absolute atomic E-state index is 5.98. The van der Waals surface area contributed by atoms with Crippen molar-refractivity contribution in [1.82, 2.24) is 15.0 Å². The monoisotopic (exact) mass is 311 g/mol. The molecule has 0 amide bonds. The molecule has 1 aromatic carbocycles. The maximum Gasteiger partial charge on any atom is 0.224 e. The van der Waals surface area contributed by atoms with Crippen LogP contribution in [0.1, 0.15) is 16.7 Å². The van der Waals surface area contributed by atoms with Gasteiger partial charge in [-0.2, -0.15) is 9.97 Å². The maximum atomic E-state index is 5.98. The number of hydrogen-bond donors (Lipinski definition) is 2. The van der Waals surface area contributed by atoms with Crippen LogP contribution in [0.5, 0.6) is 0 Å². The second-order valence-electron chi connectivity index (χ2n) is 5.18. The van der Waals surface area contributed by atoms with Crippen molar-refractivity contribution in [3.05, 3.63) is 47.2 Å². The van der Waals surface area contributed by atoms with Crippen LogP contribution in [0.15, 0.2) is 35.4 Å². The highest BCUT2D eigenvalue weighted by Crippen LogP contribution is 2.29. The molecule has 0 atom stereocenters. The average Bonchev–Trinajstić information content (AvgIpc) is 2.46. The molecular weight excluding hydrogens is 294 g/mol. The van der Waals surface area contributed by atoms with Crippen LogP contribution in [0.4, 0.5) is 11.8 Å². The first-order valence-corrected chi connectivity index (χ1v) is 7.90. The summed E-state index contributed by atoms with van der Waals surface area (Å²) in [5.41, 5.74) is 15.6. The Hall–Kier alpha value is -2.34. The van der Waals surface area contributed by atoms with Crippen molar-refractivity contribution in [3.63, 3.8) is 0 Å². The molecule has 0 bridgehead atoms. The van der Waals surface area contributed by atoms with Crippen LogP contribution in [0.2, 0.25) is 0 Å². The summed E-state index contributed by atoms with van der Waals surface area (Å²) in [4.78, 5) is 13.8. The van der Waals surface area contributed by atoms with Gasteiger partial charge in [0, 0.05) is 16.8 Å². The predicted octanol–water partition coefficient (Wildman–Crippen LogP) is 3.10. The summed E-state index contributed by atoms with van der Waals surface area (Å²) >= 11 is 1.77. The third-order valence-corrected chi connectivity index (χ3v) is 4.56. The lowest BCUT2D eigenvalue weighted by Gasteiger charge is -2.10. The van der Waals surface area contributed by atoms with Gasteiger partial charge in [-0.1, -0.05) is 17.7 Å². The zero-order valence-electron chi connectivity index (χ0n) is 12.5. The Morgan fingerprint density at radius 3 is 2.73 bits per heavy atom. The molecule has 0 aliphatic heterocycles. The van der Waals surface area contributed by atoms with Crippen molar-refractivity contribution < 1.29 is 0 Å². The molecule has 0 unspecified atom stereocenters. The SMILES string of the molecule is Cc1cccc(SCc2cnc3nc(N)nc(N)c3c2C)c1. The minimum Gasteiger partial charge on any atom is -0.383 e. The molecular formula is C16H17N5S. The Morgan fingerprint density at radius 2 is 1.95 bits per heavy atom. The molecule has 6 heteroatoms. The second-order valence-corrected chi connectivity index (χ2v) is 6.23. The standard InChI is InChI=1S/C16H17N5S/c1-9-4-3-5-12(6-9)22-8-11-7-19-15-13(10(11)2)14(17)20-16(18)21-15/h3-7H,8H2,1-2H3,(H4,17,18,19,20,21). The number of aryl methyl sites for hydroxylation is 2. The molecule has 112 valence electrons. The first kappa shape index (κ1) is 14.6. The van der Waals surface area contributed by atoms with Crippen molar-refractivity contribution in [2.75, 3.05) is 11.5 Å². The first-order valence-electron chi connectivity index (χ1n) is 6.91. The smallest absolute Gasteiger partial charge is 0.224 e. The molecule has 0 radical (unpaired) electrons. The van der Waals surface area contributed by atoms with Gasteiger partial charge in [0.25, 0.3) is 0 Å². The highest BCUT2D eigenvalue weighted by Gasteiger charge is 2.11. The molecule has 0 saturated heterocycles. The average molecular weight is 311 g/mol. The first-order chi connectivity index (χ1) is 10.5. The molecule has 0 spiro atoms. The number of hydrogen-bond acceptors (Lipinski definition) is 6. The Labute approximate surface area is 133 Å². The highest BCUT2D eigenvalue weighted by molar-refractivity contribution is 7.98. The highest BCUT2D eigenvalue weighted by atomic mass is 32.2. The van der Waals surface area contributed by atoms with E-state index in [0.29, 0.717) is 11.5 Å². The molecule has 0 aliphatic carbocycles. The van der Waals surface area contributed by atoms with Gasteiger partial charge in [-0.15, -0.1) is 11.8 Å². The van der Waals surface area contributed by atoms with Crippen molar-refractivity contribution in [1.29, 1.82) is 0 Å². The number of pyridine rings is 1. The van der Waals surface area contributed by atoms with E-state index in [9.17, 15) is 0 Å². The van der Waals surface area contributed by atoms with Crippen molar-refractivity contribution >= 4 is 34.6 Å². The van der Waals surface area contributed by atoms with Gasteiger partial charge >= 0.3 is 0 Å². The zero-order chi connectivity index (χ0) is 15.7. The molecule has 3 aromatic rings. The number of fused-ring (bicyclic) bond motifs is 1. The number of thioether (sulfide) groups is 1. The molecule has 2 aromatic heterocycles. The minimum absolute atomic E-state index is 0.152. The van der Waals surface area contributed by atoms with E-state index in [0.717, 1.165) is 22.3 Å². The van der Waals surface area contributed by atoms with Gasteiger partial charge in [0.15, 0.2) is 5.65 Å². The molecule has 3 rings (SSSR count). The molecule has 2 heterocycles. The van der Waals surface area contributed by atoms with Crippen LogP contribution in [0, 0.1) is 13.8 Å². The Morgan fingerprint density at radius 1 is 1.14 bits per heavy atom. The van der Waals surface area contributed by atoms with Gasteiger partial charge in [0.2, 0.25) is 5.95 Å². The third kappa shape index (κ3) is 2.82. The number of benzene rings is 1. The molecule has 0 saturated carbocycles. The molecule has 0 fully saturated rings. The largest absolute Gasteiger partial charge is 0.383 e. The minimum atomic E-state index is 0.152. The van der Waals surface area contributed by atoms with E-state index in [-0.39, 0.29) is 5.95 Å². The fourth-order valence-corrected chi connectivity index (χ4v) is 3.40. The van der Waals surface area contributed by atoms with Gasteiger partial charge in [-0.05, 0) is 37.1 Å². The fourth-order valence-electron chi connectivity index (χ4n) is 2.34. The van der Waals surface area contributed by atoms with Gasteiger partial charge < -0.3 is 11.5 Å². The van der Waals surface area contributed by atoms with E-state index >= 15 is 0 Å². The number of anilines is 2. The number of aromatic nitrogens is 3. The van der Waals surface area contributed by atoms with Gasteiger partial charge in [0.05, 0.1) is 5.39 Å². The summed E-state index contributed by atoms with van der Waals surface area (Å²) < 4.78 is 0. The van der Waals surface area contributed by atoms with Crippen LogP contribution in [-0.4, -0.2) is 15.0 Å². The fraction of sp³-hybridized carbons (Fsp3) is 0.188. The van der Waals surface area contributed by atoms with Crippen LogP contribution in [0.3, 0.4) is 0 Å². The molecule has 0 aliphatic rings. The molecule has 5 nitrogen and oxygen atoms in total. The van der Waals surface area contributed by atoms with Crippen molar-refractivity contribution in [2.45, 2.75) is 24.5 Å². The third-order valence-electron chi connectivity index (χ3n) is 3.52. The summed E-state index contributed by atoms with van der Waals surface area (Å²) in [7, 11) is 0. The van der Waals surface area contributed by atoms with E-state index in [1.165, 1.54) is 10.5 Å². The molecule has 4 N–H and O–H groups in total. The van der Waals surface area contributed by atoms with Gasteiger partial charge in [-0.25, -0.2) is 4.98 Å². The summed E-state index contributed by atoms with van der Waals surface area (Å²) in [5, 5.41) is 0.788. The summed E-state index contributed by atoms with van der Waals surface area (Å²) in [6.45, 7) is 4.11. The Kier molecular flexibility index (Phi) is 3.85. The number of nitrogens with zero attached hydrogens (tertiary/aromatic N) is 3. The number of nitrogens with two attached hydrogens (primary N) is 2. The Balaban J connectivity index is 1.93. The van der Waals surface area contributed by atoms with E-state index in [1.807, 2.05) is 13.1 Å². The summed E-state index contributed by atoms with van der Waals surface area (Å²) in [5.74, 6) is 1.36. The van der Waals surface area contributed by atoms with Crippen molar-refractivity contribution in [3.8, 4) is 0 Å². The van der Waals surface area contributed by atoms with E-state index in [2.05, 4.69) is 46.1 Å². The van der Waals surface area contributed by atoms with E-state index in [1.54, 1.807) is 11.8 Å². The number of nitrogen functional groups attached to an aromatic ring is 2. The van der Waals surface area contributed by atoms with Crippen LogP contribution >= 0.6 is 11.8 Å². The van der Waals surface area contributed by atoms with Crippen molar-refractivity contribution in [2.24, 2.45) is 0 Å². The Bertz CT molecular complexity index is 847. The van der Waals surface area contributed by atoms with E-state index < -0.39 is 0 Å². The van der Waals surface area contributed by atoms with Crippen LogP contribution in [0.25, 0.3) is 11.0 Å². The molecule has 22 heavy (non-hydrogen) atoms. The topological polar surface area (TPSA) is 90.7 Å². The normalized spacial score (nSPS) is 11.0. The van der Waals surface area contributed by atoms with Crippen LogP contribution < -0.4 is 11.5 Å².